The van der Waals surface area contributed by atoms with Gasteiger partial charge in [0.15, 0.2) is 34.2 Å². The lowest BCUT2D eigenvalue weighted by molar-refractivity contribution is -0.135. The molecule has 0 spiro atoms. The molecule has 2 aliphatic rings. The maximum Gasteiger partial charge on any atom is 0.413 e. The highest BCUT2D eigenvalue weighted by Gasteiger charge is 2.39. The number of hydrogen-bond acceptors (Lipinski definition) is 20. The molecular formula is C48H39N17O11S4. The number of ether oxygens (including phenoxy) is 1. The summed E-state index contributed by atoms with van der Waals surface area (Å²) in [5.41, 5.74) is 7.51. The van der Waals surface area contributed by atoms with Gasteiger partial charge in [0.1, 0.15) is 19.4 Å². The van der Waals surface area contributed by atoms with E-state index in [1.165, 1.54) is 34.4 Å². The zero-order valence-electron chi connectivity index (χ0n) is 41.0. The summed E-state index contributed by atoms with van der Waals surface area (Å²) in [5.74, 6) is -1.02. The molecule has 0 bridgehead atoms. The number of rotatable bonds is 12. The minimum Gasteiger partial charge on any atom is -0.436 e. The van der Waals surface area contributed by atoms with Gasteiger partial charge in [-0.2, -0.15) is 16.8 Å². The van der Waals surface area contributed by atoms with Gasteiger partial charge < -0.3 is 18.9 Å². The number of fused-ring (bicyclic) bond motifs is 4. The van der Waals surface area contributed by atoms with E-state index in [9.17, 15) is 45.6 Å². The predicted molar refractivity (Wildman–Crippen MR) is 286 cm³/mol. The van der Waals surface area contributed by atoms with Gasteiger partial charge in [0.2, 0.25) is 8.68 Å². The molecule has 6 aromatic heterocycles. The van der Waals surface area contributed by atoms with Crippen LogP contribution in [-0.2, 0) is 47.5 Å². The molecule has 2 saturated heterocycles. The van der Waals surface area contributed by atoms with Gasteiger partial charge in [0.05, 0.1) is 65.6 Å². The summed E-state index contributed by atoms with van der Waals surface area (Å²) in [4.78, 5) is 107. The largest absolute Gasteiger partial charge is 0.436 e. The fraction of sp³-hybridized carbons (Fsp3) is 0.146. The van der Waals surface area contributed by atoms with Crippen molar-refractivity contribution in [3.8, 4) is 0 Å². The molecule has 2 fully saturated rings. The van der Waals surface area contributed by atoms with E-state index in [4.69, 9.17) is 4.74 Å². The number of aromatic nitrogens is 10. The lowest BCUT2D eigenvalue weighted by Crippen LogP contribution is -2.61. The molecule has 32 heteroatoms. The van der Waals surface area contributed by atoms with Crippen molar-refractivity contribution in [2.75, 3.05) is 31.5 Å². The lowest BCUT2D eigenvalue weighted by atomic mass is 10.0. The molecule has 0 unspecified atom stereocenters. The van der Waals surface area contributed by atoms with Crippen molar-refractivity contribution in [1.29, 1.82) is 0 Å². The van der Waals surface area contributed by atoms with Crippen LogP contribution in [0.3, 0.4) is 0 Å². The Bertz CT molecular complexity index is 4240. The molecule has 0 saturated carbocycles. The van der Waals surface area contributed by atoms with Gasteiger partial charge in [-0.25, -0.2) is 78.8 Å². The van der Waals surface area contributed by atoms with Gasteiger partial charge in [0, 0.05) is 0 Å². The number of thiazole rings is 2. The number of H-pyrrole nitrogens is 1. The highest BCUT2D eigenvalue weighted by atomic mass is 32.3. The molecule has 2 aliphatic heterocycles. The Hall–Kier alpha value is -9.79. The monoisotopic (exact) mass is 1160 g/mol. The average molecular weight is 1160 g/mol. The van der Waals surface area contributed by atoms with E-state index in [1.807, 2.05) is 60.7 Å². The summed E-state index contributed by atoms with van der Waals surface area (Å²) in [6.45, 7) is -1.25. The summed E-state index contributed by atoms with van der Waals surface area (Å²) in [6, 6.07) is 30.5. The van der Waals surface area contributed by atoms with Crippen LogP contribution in [0.5, 0.6) is 0 Å². The maximum atomic E-state index is 13.2. The Labute approximate surface area is 458 Å². The zero-order valence-corrected chi connectivity index (χ0v) is 44.2. The second-order valence-electron chi connectivity index (χ2n) is 17.2. The van der Waals surface area contributed by atoms with Gasteiger partial charge in [-0.3, -0.25) is 19.7 Å². The molecule has 28 nitrogen and oxygen atoms in total. The smallest absolute Gasteiger partial charge is 0.413 e. The molecule has 4 aromatic carbocycles. The molecule has 0 radical (unpaired) electrons. The summed E-state index contributed by atoms with van der Waals surface area (Å²) >= 11 is 1.92. The Morgan fingerprint density at radius 2 is 1.06 bits per heavy atom. The molecule has 12 rings (SSSR count). The fourth-order valence-electron chi connectivity index (χ4n) is 8.36. The van der Waals surface area contributed by atoms with E-state index >= 15 is 0 Å². The first-order chi connectivity index (χ1) is 38.6. The Morgan fingerprint density at radius 3 is 1.56 bits per heavy atom. The summed E-state index contributed by atoms with van der Waals surface area (Å²) in [7, 11) is -8.42. The van der Waals surface area contributed by atoms with E-state index in [1.54, 1.807) is 48.5 Å². The molecule has 7 amide bonds. The molecular weight excluding hydrogens is 1120 g/mol. The normalized spacial score (nSPS) is 14.1. The van der Waals surface area contributed by atoms with Crippen LogP contribution in [-0.4, -0.2) is 141 Å². The van der Waals surface area contributed by atoms with Crippen molar-refractivity contribution in [1.82, 2.24) is 78.5 Å². The SMILES string of the molecule is O=C(Cn1cnc2c(=O)[nH]cnc21)N1CCN(S(=O)(=O)c2nc3ccccc3s2)C(=O)N1.O=C(Nc1ncnc2c1ncn2CC(=O)N1CCN(S(=O)(=O)c2nc3ccccc3s2)C(=O)N1)OC(c1ccccc1)c1ccccc1. The van der Waals surface area contributed by atoms with Crippen LogP contribution in [0.15, 0.2) is 148 Å². The van der Waals surface area contributed by atoms with Crippen LogP contribution in [0, 0.1) is 0 Å². The number of amides is 7. The minimum atomic E-state index is -4.24. The van der Waals surface area contributed by atoms with Gasteiger partial charge in [-0.1, -0.05) is 84.9 Å². The first-order valence-corrected chi connectivity index (χ1v) is 28.2. The van der Waals surface area contributed by atoms with Gasteiger partial charge >= 0.3 is 18.2 Å². The Morgan fingerprint density at radius 1 is 0.588 bits per heavy atom. The van der Waals surface area contributed by atoms with Gasteiger partial charge in [0.25, 0.3) is 37.4 Å². The highest BCUT2D eigenvalue weighted by molar-refractivity contribution is 7.92. The molecule has 8 heterocycles. The summed E-state index contributed by atoms with van der Waals surface area (Å²) in [6.07, 6.45) is 3.58. The molecule has 4 N–H and O–H groups in total. The number of carbonyl (C=O) groups excluding carboxylic acids is 5. The number of anilines is 1. The zero-order chi connectivity index (χ0) is 55.7. The van der Waals surface area contributed by atoms with E-state index in [0.717, 1.165) is 43.8 Å². The molecule has 80 heavy (non-hydrogen) atoms. The predicted octanol–water partition coefficient (Wildman–Crippen LogP) is 3.82. The number of benzene rings is 4. The lowest BCUT2D eigenvalue weighted by Gasteiger charge is -2.33. The van der Waals surface area contributed by atoms with Crippen LogP contribution in [0.25, 0.3) is 42.8 Å². The van der Waals surface area contributed by atoms with Crippen LogP contribution < -0.4 is 21.7 Å². The van der Waals surface area contributed by atoms with Crippen LogP contribution >= 0.6 is 22.7 Å². The fourth-order valence-corrected chi connectivity index (χ4v) is 13.6. The number of urea groups is 2. The topological polar surface area (TPSA) is 345 Å². The Kier molecular flexibility index (Phi) is 14.1. The first kappa shape index (κ1) is 52.3. The van der Waals surface area contributed by atoms with E-state index in [2.05, 4.69) is 56.0 Å². The average Bonchev–Trinajstić information content (AvgIpc) is 4.30. The van der Waals surface area contributed by atoms with Crippen molar-refractivity contribution < 1.29 is 45.5 Å². The van der Waals surface area contributed by atoms with E-state index in [-0.39, 0.29) is 76.1 Å². The van der Waals surface area contributed by atoms with Crippen LogP contribution in [0.1, 0.15) is 17.2 Å². The second kappa shape index (κ2) is 21.6. The summed E-state index contributed by atoms with van der Waals surface area (Å²) < 4.78 is 63.1. The van der Waals surface area contributed by atoms with Crippen molar-refractivity contribution in [2.45, 2.75) is 27.9 Å². The highest BCUT2D eigenvalue weighted by Crippen LogP contribution is 2.31. The number of aromatic amines is 1. The van der Waals surface area contributed by atoms with Crippen molar-refractivity contribution in [3.63, 3.8) is 0 Å². The third-order valence-corrected chi connectivity index (χ3v) is 18.6. The van der Waals surface area contributed by atoms with Gasteiger partial charge in [-0.15, -0.1) is 22.7 Å². The standard InChI is InChI=1S/C31H25N9O6S2.C17H14N8O5S2/c41-24(39-15-16-40(29(42)37-39)48(44,45)31-35-22-13-7-8-14-23(22)47-31)17-38-19-34-25-27(32-18-33-28(25)38)36-30(43)46-26(20-9-3-1-4-10-20)21-11-5-2-6-12-21;26-12(7-23-9-20-13-14(23)18-8-19-15(13)27)24-5-6-25(16(28)22-24)32(29,30)17-21-10-3-1-2-4-11(10)31-17/h1-14,18-19,26H,15-17H2,(H,37,42)(H,32,33,36,43);1-4,8-9H,5-7H2,(H,22,28)(H,18,19,27). The first-order valence-electron chi connectivity index (χ1n) is 23.7. The molecule has 406 valence electrons. The summed E-state index contributed by atoms with van der Waals surface area (Å²) in [5, 5.41) is 4.68. The minimum absolute atomic E-state index is 0.0676. The number of nitrogens with zero attached hydrogens (tertiary/aromatic N) is 13. The third-order valence-electron chi connectivity index (χ3n) is 12.2. The number of para-hydroxylation sites is 2. The van der Waals surface area contributed by atoms with Gasteiger partial charge in [-0.05, 0) is 35.4 Å². The quantitative estimate of drug-likeness (QED) is 0.135. The second-order valence-corrected chi connectivity index (χ2v) is 23.4. The number of hydrazine groups is 2. The third kappa shape index (κ3) is 10.4. The number of carbonyl (C=O) groups is 5. The van der Waals surface area contributed by atoms with Crippen LogP contribution in [0.4, 0.5) is 20.2 Å². The van der Waals surface area contributed by atoms with Crippen molar-refractivity contribution in [3.05, 3.63) is 156 Å². The number of imidazole rings is 2. The van der Waals surface area contributed by atoms with Crippen LogP contribution in [0.2, 0.25) is 0 Å². The number of hydrogen-bond donors (Lipinski definition) is 4. The Balaban J connectivity index is 0.000000183. The van der Waals surface area contributed by atoms with Crippen molar-refractivity contribution >= 4 is 121 Å². The number of sulfonamides is 2. The molecule has 0 atom stereocenters. The van der Waals surface area contributed by atoms with E-state index < -0.39 is 61.7 Å². The maximum absolute atomic E-state index is 13.2. The molecule has 10 aromatic rings. The van der Waals surface area contributed by atoms with Crippen molar-refractivity contribution in [2.24, 2.45) is 0 Å². The number of nitrogens with one attached hydrogen (secondary N) is 4. The molecule has 0 aliphatic carbocycles. The van der Waals surface area contributed by atoms with E-state index in [0.29, 0.717) is 29.0 Å².